The maximum absolute atomic E-state index is 13.6. The summed E-state index contributed by atoms with van der Waals surface area (Å²) in [4.78, 5) is 0. The van der Waals surface area contributed by atoms with E-state index in [1.807, 2.05) is 12.1 Å². The summed E-state index contributed by atoms with van der Waals surface area (Å²) < 4.78 is 13.6. The molecule has 0 saturated carbocycles. The fourth-order valence-corrected chi connectivity index (χ4v) is 2.23. The van der Waals surface area contributed by atoms with E-state index in [1.54, 1.807) is 6.07 Å². The Hall–Kier alpha value is -0.890. The number of hydrogen-bond acceptors (Lipinski definition) is 1. The van der Waals surface area contributed by atoms with E-state index >= 15 is 0 Å². The molecule has 0 aromatic heterocycles. The second-order valence-corrected chi connectivity index (χ2v) is 4.88. The molecule has 96 valence electrons. The lowest BCUT2D eigenvalue weighted by molar-refractivity contribution is 0.106. The Kier molecular flexibility index (Phi) is 5.63. The molecule has 0 heterocycles. The van der Waals surface area contributed by atoms with Crippen LogP contribution in [0.2, 0.25) is 0 Å². The van der Waals surface area contributed by atoms with Crippen molar-refractivity contribution in [3.63, 3.8) is 0 Å². The van der Waals surface area contributed by atoms with Crippen molar-refractivity contribution in [2.45, 2.75) is 46.0 Å². The second kappa shape index (κ2) is 6.75. The van der Waals surface area contributed by atoms with Crippen LogP contribution in [0.15, 0.2) is 24.3 Å². The molecular weight excluding hydrogens is 215 g/mol. The molecule has 0 aliphatic heterocycles. The van der Waals surface area contributed by atoms with Crippen LogP contribution in [-0.4, -0.2) is 11.7 Å². The molecule has 1 aromatic carbocycles. The zero-order valence-corrected chi connectivity index (χ0v) is 10.9. The van der Waals surface area contributed by atoms with Crippen molar-refractivity contribution in [1.82, 2.24) is 0 Å². The Balaban J connectivity index is 2.82. The third-order valence-electron chi connectivity index (χ3n) is 3.67. The molecule has 1 unspecified atom stereocenters. The van der Waals surface area contributed by atoms with Crippen molar-refractivity contribution in [2.24, 2.45) is 5.41 Å². The average Bonchev–Trinajstić information content (AvgIpc) is 2.37. The number of rotatable bonds is 7. The number of hydrogen-bond donors (Lipinski definition) is 1. The van der Waals surface area contributed by atoms with E-state index in [0.717, 1.165) is 31.2 Å². The standard InChI is InChI=1S/C15H23FO/c1-3-5-10-15(4-2,12-17)11-13-8-6-7-9-14(13)16/h6-9,17H,3-5,10-12H2,1-2H3. The summed E-state index contributed by atoms with van der Waals surface area (Å²) >= 11 is 0. The Bertz CT molecular complexity index is 331. The third kappa shape index (κ3) is 3.81. The fraction of sp³-hybridized carbons (Fsp3) is 0.600. The van der Waals surface area contributed by atoms with Gasteiger partial charge in [-0.3, -0.25) is 0 Å². The minimum atomic E-state index is -0.157. The maximum atomic E-state index is 13.6. The lowest BCUT2D eigenvalue weighted by Crippen LogP contribution is -2.28. The molecule has 0 aliphatic rings. The van der Waals surface area contributed by atoms with Gasteiger partial charge in [0, 0.05) is 6.61 Å². The maximum Gasteiger partial charge on any atom is 0.126 e. The van der Waals surface area contributed by atoms with Crippen molar-refractivity contribution in [1.29, 1.82) is 0 Å². The van der Waals surface area contributed by atoms with Crippen LogP contribution in [0.5, 0.6) is 0 Å². The van der Waals surface area contributed by atoms with Crippen LogP contribution in [0.25, 0.3) is 0 Å². The molecule has 0 spiro atoms. The first-order valence-corrected chi connectivity index (χ1v) is 6.51. The fourth-order valence-electron chi connectivity index (χ4n) is 2.23. The van der Waals surface area contributed by atoms with E-state index < -0.39 is 0 Å². The molecule has 0 aliphatic carbocycles. The highest BCUT2D eigenvalue weighted by Gasteiger charge is 2.28. The number of unbranched alkanes of at least 4 members (excludes halogenated alkanes) is 1. The topological polar surface area (TPSA) is 20.2 Å². The summed E-state index contributed by atoms with van der Waals surface area (Å²) in [7, 11) is 0. The summed E-state index contributed by atoms with van der Waals surface area (Å²) in [5.41, 5.74) is 0.567. The van der Waals surface area contributed by atoms with Gasteiger partial charge in [0.2, 0.25) is 0 Å². The van der Waals surface area contributed by atoms with E-state index in [0.29, 0.717) is 6.42 Å². The molecular formula is C15H23FO. The van der Waals surface area contributed by atoms with E-state index in [9.17, 15) is 9.50 Å². The summed E-state index contributed by atoms with van der Waals surface area (Å²) in [6.07, 6.45) is 4.68. The highest BCUT2D eigenvalue weighted by Crippen LogP contribution is 2.33. The summed E-state index contributed by atoms with van der Waals surface area (Å²) in [6, 6.07) is 6.88. The Labute approximate surface area is 104 Å². The van der Waals surface area contributed by atoms with E-state index in [4.69, 9.17) is 0 Å². The predicted octanol–water partition coefficient (Wildman–Crippen LogP) is 3.95. The molecule has 1 nitrogen and oxygen atoms in total. The van der Waals surface area contributed by atoms with Crippen LogP contribution in [0.1, 0.15) is 45.1 Å². The number of aliphatic hydroxyl groups is 1. The van der Waals surface area contributed by atoms with Gasteiger partial charge in [-0.2, -0.15) is 0 Å². The van der Waals surface area contributed by atoms with Crippen molar-refractivity contribution >= 4 is 0 Å². The zero-order chi connectivity index (χ0) is 12.7. The van der Waals surface area contributed by atoms with Crippen molar-refractivity contribution in [2.75, 3.05) is 6.61 Å². The Morgan fingerprint density at radius 1 is 1.24 bits per heavy atom. The SMILES string of the molecule is CCCCC(CC)(CO)Cc1ccccc1F. The van der Waals surface area contributed by atoms with Gasteiger partial charge in [0.15, 0.2) is 0 Å². The van der Waals surface area contributed by atoms with Crippen molar-refractivity contribution in [3.8, 4) is 0 Å². The highest BCUT2D eigenvalue weighted by molar-refractivity contribution is 5.19. The summed E-state index contributed by atoms with van der Waals surface area (Å²) in [6.45, 7) is 4.35. The van der Waals surface area contributed by atoms with E-state index in [-0.39, 0.29) is 17.8 Å². The number of halogens is 1. The molecule has 0 fully saturated rings. The summed E-state index contributed by atoms with van der Waals surface area (Å²) in [5, 5.41) is 9.63. The van der Waals surface area contributed by atoms with Gasteiger partial charge in [-0.25, -0.2) is 4.39 Å². The normalized spacial score (nSPS) is 14.6. The minimum absolute atomic E-state index is 0.137. The van der Waals surface area contributed by atoms with Gasteiger partial charge >= 0.3 is 0 Å². The number of aliphatic hydroxyl groups excluding tert-OH is 1. The summed E-state index contributed by atoms with van der Waals surface area (Å²) in [5.74, 6) is -0.157. The molecule has 0 bridgehead atoms. The molecule has 17 heavy (non-hydrogen) atoms. The molecule has 1 aromatic rings. The van der Waals surface area contributed by atoms with Crippen molar-refractivity contribution < 1.29 is 9.50 Å². The van der Waals surface area contributed by atoms with Crippen LogP contribution < -0.4 is 0 Å². The van der Waals surface area contributed by atoms with Gasteiger partial charge in [0.1, 0.15) is 5.82 Å². The molecule has 0 amide bonds. The first kappa shape index (κ1) is 14.2. The molecule has 1 atom stereocenters. The van der Waals surface area contributed by atoms with Gasteiger partial charge in [0.25, 0.3) is 0 Å². The zero-order valence-electron chi connectivity index (χ0n) is 10.9. The van der Waals surface area contributed by atoms with Crippen LogP contribution in [0.3, 0.4) is 0 Å². The van der Waals surface area contributed by atoms with Gasteiger partial charge in [-0.15, -0.1) is 0 Å². The van der Waals surface area contributed by atoms with Gasteiger partial charge in [-0.1, -0.05) is 44.9 Å². The largest absolute Gasteiger partial charge is 0.396 e. The number of benzene rings is 1. The lowest BCUT2D eigenvalue weighted by Gasteiger charge is -2.31. The first-order chi connectivity index (χ1) is 8.17. The highest BCUT2D eigenvalue weighted by atomic mass is 19.1. The van der Waals surface area contributed by atoms with Gasteiger partial charge < -0.3 is 5.11 Å². The quantitative estimate of drug-likeness (QED) is 0.762. The van der Waals surface area contributed by atoms with Crippen LogP contribution in [-0.2, 0) is 6.42 Å². The monoisotopic (exact) mass is 238 g/mol. The van der Waals surface area contributed by atoms with E-state index in [2.05, 4.69) is 13.8 Å². The lowest BCUT2D eigenvalue weighted by atomic mass is 9.76. The van der Waals surface area contributed by atoms with E-state index in [1.165, 1.54) is 6.07 Å². The van der Waals surface area contributed by atoms with Crippen molar-refractivity contribution in [3.05, 3.63) is 35.6 Å². The molecule has 0 radical (unpaired) electrons. The average molecular weight is 238 g/mol. The smallest absolute Gasteiger partial charge is 0.126 e. The van der Waals surface area contributed by atoms with Crippen LogP contribution in [0, 0.1) is 11.2 Å². The molecule has 1 rings (SSSR count). The Morgan fingerprint density at radius 2 is 1.94 bits per heavy atom. The molecule has 1 N–H and O–H groups in total. The van der Waals surface area contributed by atoms with Crippen LogP contribution >= 0.6 is 0 Å². The molecule has 0 saturated heterocycles. The molecule has 2 heteroatoms. The minimum Gasteiger partial charge on any atom is -0.396 e. The first-order valence-electron chi connectivity index (χ1n) is 6.51. The van der Waals surface area contributed by atoms with Gasteiger partial charge in [0.05, 0.1) is 0 Å². The second-order valence-electron chi connectivity index (χ2n) is 4.88. The third-order valence-corrected chi connectivity index (χ3v) is 3.67. The predicted molar refractivity (Wildman–Crippen MR) is 69.4 cm³/mol. The van der Waals surface area contributed by atoms with Crippen LogP contribution in [0.4, 0.5) is 4.39 Å². The Morgan fingerprint density at radius 3 is 2.47 bits per heavy atom. The van der Waals surface area contributed by atoms with Gasteiger partial charge in [-0.05, 0) is 36.3 Å².